The number of alkyl halides is 3. The molecule has 0 spiro atoms. The number of pyridine rings is 1. The summed E-state index contributed by atoms with van der Waals surface area (Å²) in [4.78, 5) is 33.5. The number of hydrogen-bond acceptors (Lipinski definition) is 6. The first-order valence-corrected chi connectivity index (χ1v) is 12.6. The largest absolute Gasteiger partial charge is 0.395 e. The second kappa shape index (κ2) is 12.0. The SMILES string of the molecule is Cc1ccc(NC(=O)N2CC[C@@H](CC(F)(F)F)C2)cc1-c1cc(C(=O)NCCO)nc(N2CCOCC2)c1. The Morgan fingerprint density at radius 3 is 2.63 bits per heavy atom. The number of aliphatic hydroxyl groups excluding tert-OH is 1. The Hall–Kier alpha value is -3.38. The molecule has 12 heteroatoms. The van der Waals surface area contributed by atoms with Crippen LogP contribution >= 0.6 is 0 Å². The maximum Gasteiger partial charge on any atom is 0.389 e. The number of aryl methyl sites for hydroxylation is 1. The summed E-state index contributed by atoms with van der Waals surface area (Å²) in [5.74, 6) is -0.401. The van der Waals surface area contributed by atoms with Crippen molar-refractivity contribution < 1.29 is 32.6 Å². The van der Waals surface area contributed by atoms with Gasteiger partial charge in [-0.1, -0.05) is 6.07 Å². The van der Waals surface area contributed by atoms with Crippen LogP contribution in [0.25, 0.3) is 11.1 Å². The van der Waals surface area contributed by atoms with Gasteiger partial charge in [0.25, 0.3) is 5.91 Å². The zero-order valence-electron chi connectivity index (χ0n) is 21.2. The second-order valence-corrected chi connectivity index (χ2v) is 9.56. The minimum Gasteiger partial charge on any atom is -0.395 e. The van der Waals surface area contributed by atoms with Gasteiger partial charge in [-0.2, -0.15) is 13.2 Å². The fraction of sp³-hybridized carbons (Fsp3) is 0.500. The first kappa shape index (κ1) is 27.6. The zero-order valence-corrected chi connectivity index (χ0v) is 21.2. The maximum atomic E-state index is 12.8. The Balaban J connectivity index is 1.57. The molecule has 1 aromatic carbocycles. The Kier molecular flexibility index (Phi) is 8.72. The molecule has 2 aliphatic rings. The third-order valence-corrected chi connectivity index (χ3v) is 6.67. The van der Waals surface area contributed by atoms with Crippen molar-refractivity contribution in [2.45, 2.75) is 25.9 Å². The molecule has 1 aromatic heterocycles. The molecule has 0 bridgehead atoms. The minimum absolute atomic E-state index is 0.0592. The lowest BCUT2D eigenvalue weighted by Crippen LogP contribution is -2.37. The molecule has 2 aliphatic heterocycles. The summed E-state index contributed by atoms with van der Waals surface area (Å²) in [6.45, 7) is 4.45. The Bertz CT molecular complexity index is 1150. The standard InChI is InChI=1S/C26H32F3N5O4/c1-17-2-3-20(31-25(37)34-6-4-18(16-34)15-26(27,28)29)14-21(17)19-12-22(24(36)30-5-9-35)32-23(13-19)33-7-10-38-11-8-33/h2-3,12-14,18,35H,4-11,15-16H2,1H3,(H,30,36)(H,31,37)/t18-/m0/s1. The van der Waals surface area contributed by atoms with Gasteiger partial charge in [-0.05, 0) is 60.2 Å². The van der Waals surface area contributed by atoms with E-state index in [2.05, 4.69) is 15.6 Å². The van der Waals surface area contributed by atoms with Crippen molar-refractivity contribution in [1.29, 1.82) is 0 Å². The first-order chi connectivity index (χ1) is 18.1. The number of hydrogen-bond donors (Lipinski definition) is 3. The number of likely N-dealkylation sites (tertiary alicyclic amines) is 1. The molecule has 3 N–H and O–H groups in total. The highest BCUT2D eigenvalue weighted by molar-refractivity contribution is 5.95. The third-order valence-electron chi connectivity index (χ3n) is 6.67. The molecular weight excluding hydrogens is 503 g/mol. The lowest BCUT2D eigenvalue weighted by Gasteiger charge is -2.28. The molecule has 2 fully saturated rings. The van der Waals surface area contributed by atoms with Gasteiger partial charge < -0.3 is 30.3 Å². The Morgan fingerprint density at radius 1 is 1.16 bits per heavy atom. The summed E-state index contributed by atoms with van der Waals surface area (Å²) < 4.78 is 43.7. The fourth-order valence-corrected chi connectivity index (χ4v) is 4.73. The van der Waals surface area contributed by atoms with Crippen LogP contribution in [0.1, 0.15) is 28.9 Å². The van der Waals surface area contributed by atoms with Crippen LogP contribution in [0.5, 0.6) is 0 Å². The normalized spacial score (nSPS) is 18.0. The molecule has 4 rings (SSSR count). The van der Waals surface area contributed by atoms with E-state index in [9.17, 15) is 22.8 Å². The number of aliphatic hydroxyl groups is 1. The van der Waals surface area contributed by atoms with E-state index in [4.69, 9.17) is 9.84 Å². The van der Waals surface area contributed by atoms with Crippen LogP contribution in [0.4, 0.5) is 29.5 Å². The number of nitrogens with one attached hydrogen (secondary N) is 2. The van der Waals surface area contributed by atoms with Gasteiger partial charge in [0.1, 0.15) is 11.5 Å². The molecule has 38 heavy (non-hydrogen) atoms. The quantitative estimate of drug-likeness (QED) is 0.502. The summed E-state index contributed by atoms with van der Waals surface area (Å²) in [6.07, 6.45) is -4.83. The van der Waals surface area contributed by atoms with Gasteiger partial charge in [0.05, 0.1) is 19.8 Å². The smallest absolute Gasteiger partial charge is 0.389 e. The van der Waals surface area contributed by atoms with E-state index in [1.54, 1.807) is 18.2 Å². The van der Waals surface area contributed by atoms with E-state index >= 15 is 0 Å². The number of amides is 3. The second-order valence-electron chi connectivity index (χ2n) is 9.56. The van der Waals surface area contributed by atoms with Gasteiger partial charge >= 0.3 is 12.2 Å². The molecule has 0 saturated carbocycles. The highest BCUT2D eigenvalue weighted by Crippen LogP contribution is 2.32. The van der Waals surface area contributed by atoms with Crippen LogP contribution in [-0.4, -0.2) is 85.6 Å². The predicted molar refractivity (Wildman–Crippen MR) is 136 cm³/mol. The first-order valence-electron chi connectivity index (χ1n) is 12.6. The summed E-state index contributed by atoms with van der Waals surface area (Å²) in [6, 6.07) is 8.44. The van der Waals surface area contributed by atoms with Crippen molar-refractivity contribution in [3.63, 3.8) is 0 Å². The monoisotopic (exact) mass is 535 g/mol. The number of anilines is 2. The summed E-state index contributed by atoms with van der Waals surface area (Å²) in [5, 5.41) is 14.5. The van der Waals surface area contributed by atoms with Crippen LogP contribution in [0, 0.1) is 12.8 Å². The molecule has 0 radical (unpaired) electrons. The van der Waals surface area contributed by atoms with Crippen molar-refractivity contribution in [3.05, 3.63) is 41.6 Å². The number of carbonyl (C=O) groups excluding carboxylic acids is 2. The lowest BCUT2D eigenvalue weighted by molar-refractivity contribution is -0.143. The van der Waals surface area contributed by atoms with Gasteiger partial charge in [0.15, 0.2) is 0 Å². The molecule has 3 amide bonds. The van der Waals surface area contributed by atoms with E-state index in [1.165, 1.54) is 4.90 Å². The maximum absolute atomic E-state index is 12.8. The Labute approximate surface area is 219 Å². The number of halogens is 3. The molecule has 0 aliphatic carbocycles. The highest BCUT2D eigenvalue weighted by atomic mass is 19.4. The van der Waals surface area contributed by atoms with Gasteiger partial charge in [-0.3, -0.25) is 4.79 Å². The number of urea groups is 1. The summed E-state index contributed by atoms with van der Waals surface area (Å²) in [5.41, 5.74) is 3.07. The number of rotatable bonds is 7. The third kappa shape index (κ3) is 7.13. The predicted octanol–water partition coefficient (Wildman–Crippen LogP) is 3.42. The van der Waals surface area contributed by atoms with Crippen LogP contribution in [0.3, 0.4) is 0 Å². The van der Waals surface area contributed by atoms with Crippen LogP contribution in [-0.2, 0) is 4.74 Å². The summed E-state index contributed by atoms with van der Waals surface area (Å²) >= 11 is 0. The van der Waals surface area contributed by atoms with Crippen molar-refractivity contribution in [2.75, 3.05) is 62.8 Å². The molecule has 0 unspecified atom stereocenters. The molecular formula is C26H32F3N5O4. The topological polar surface area (TPSA) is 107 Å². The number of morpholine rings is 1. The molecule has 3 heterocycles. The van der Waals surface area contributed by atoms with Crippen molar-refractivity contribution >= 4 is 23.4 Å². The van der Waals surface area contributed by atoms with E-state index in [0.717, 1.165) is 16.7 Å². The van der Waals surface area contributed by atoms with E-state index < -0.39 is 30.5 Å². The van der Waals surface area contributed by atoms with E-state index in [-0.39, 0.29) is 31.9 Å². The number of carbonyl (C=O) groups is 2. The van der Waals surface area contributed by atoms with E-state index in [0.29, 0.717) is 44.2 Å². The number of nitrogens with zero attached hydrogens (tertiary/aromatic N) is 3. The van der Waals surface area contributed by atoms with Crippen molar-refractivity contribution in [2.24, 2.45) is 5.92 Å². The number of benzene rings is 1. The van der Waals surface area contributed by atoms with Gasteiger partial charge in [0, 0.05) is 44.8 Å². The van der Waals surface area contributed by atoms with Gasteiger partial charge in [-0.25, -0.2) is 9.78 Å². The molecule has 9 nitrogen and oxygen atoms in total. The fourth-order valence-electron chi connectivity index (χ4n) is 4.73. The van der Waals surface area contributed by atoms with Gasteiger partial charge in [-0.15, -0.1) is 0 Å². The molecule has 1 atom stereocenters. The number of aromatic nitrogens is 1. The van der Waals surface area contributed by atoms with Crippen LogP contribution in [0.15, 0.2) is 30.3 Å². The average molecular weight is 536 g/mol. The molecule has 2 saturated heterocycles. The van der Waals surface area contributed by atoms with Crippen LogP contribution < -0.4 is 15.5 Å². The summed E-state index contributed by atoms with van der Waals surface area (Å²) in [7, 11) is 0. The number of ether oxygens (including phenoxy) is 1. The average Bonchev–Trinajstić information content (AvgIpc) is 3.35. The van der Waals surface area contributed by atoms with Crippen LogP contribution in [0.2, 0.25) is 0 Å². The van der Waals surface area contributed by atoms with Gasteiger partial charge in [0.2, 0.25) is 0 Å². The molecule has 206 valence electrons. The zero-order chi connectivity index (χ0) is 27.3. The lowest BCUT2D eigenvalue weighted by atomic mass is 9.99. The minimum atomic E-state index is -4.25. The van der Waals surface area contributed by atoms with Crippen molar-refractivity contribution in [1.82, 2.24) is 15.2 Å². The van der Waals surface area contributed by atoms with Crippen molar-refractivity contribution in [3.8, 4) is 11.1 Å². The highest BCUT2D eigenvalue weighted by Gasteiger charge is 2.36. The Morgan fingerprint density at radius 2 is 1.92 bits per heavy atom. The molecule has 2 aromatic rings. The van der Waals surface area contributed by atoms with E-state index in [1.807, 2.05) is 24.0 Å².